The van der Waals surface area contributed by atoms with E-state index >= 15 is 0 Å². The van der Waals surface area contributed by atoms with Crippen molar-refractivity contribution >= 4 is 10.0 Å². The van der Waals surface area contributed by atoms with Crippen LogP contribution in [0.5, 0.6) is 0 Å². The molecule has 0 N–H and O–H groups in total. The predicted octanol–water partition coefficient (Wildman–Crippen LogP) is 3.15. The van der Waals surface area contributed by atoms with Gasteiger partial charge in [-0.05, 0) is 30.2 Å². The monoisotopic (exact) mass is 349 g/mol. The van der Waals surface area contributed by atoms with Crippen molar-refractivity contribution in [3.05, 3.63) is 65.5 Å². The Morgan fingerprint density at radius 2 is 1.88 bits per heavy atom. The van der Waals surface area contributed by atoms with E-state index in [1.54, 1.807) is 30.3 Å². The van der Waals surface area contributed by atoms with Crippen molar-refractivity contribution in [3.8, 4) is 0 Å². The van der Waals surface area contributed by atoms with Gasteiger partial charge in [0.2, 0.25) is 10.0 Å². The quantitative estimate of drug-likeness (QED) is 0.852. The van der Waals surface area contributed by atoms with Crippen molar-refractivity contribution in [3.63, 3.8) is 0 Å². The summed E-state index contributed by atoms with van der Waals surface area (Å²) in [5.41, 5.74) is 1.47. The largest absolute Gasteiger partial charge is 0.371 e. The van der Waals surface area contributed by atoms with Crippen LogP contribution in [0.1, 0.15) is 24.2 Å². The summed E-state index contributed by atoms with van der Waals surface area (Å²) in [7, 11) is -3.61. The van der Waals surface area contributed by atoms with E-state index in [0.29, 0.717) is 5.56 Å². The lowest BCUT2D eigenvalue weighted by Crippen LogP contribution is -2.42. The molecule has 6 heteroatoms. The normalized spacial score (nSPS) is 19.3. The maximum atomic E-state index is 14.0. The van der Waals surface area contributed by atoms with Crippen LogP contribution >= 0.6 is 0 Å². The molecule has 2 aromatic rings. The lowest BCUT2D eigenvalue weighted by molar-refractivity contribution is -0.00442. The molecule has 1 saturated heterocycles. The Bertz CT molecular complexity index is 805. The van der Waals surface area contributed by atoms with E-state index in [-0.39, 0.29) is 30.4 Å². The molecule has 0 amide bonds. The van der Waals surface area contributed by atoms with Crippen LogP contribution in [-0.2, 0) is 21.2 Å². The van der Waals surface area contributed by atoms with Crippen molar-refractivity contribution in [2.75, 3.05) is 19.7 Å². The standard InChI is InChI=1S/C18H20FNO3S/c1-2-14-7-9-15(10-8-14)24(21,22)20-11-12-23-18(13-20)16-5-3-4-6-17(16)19/h3-10,18H,2,11-13H2,1H3. The van der Waals surface area contributed by atoms with Gasteiger partial charge in [0.1, 0.15) is 5.82 Å². The zero-order chi connectivity index (χ0) is 17.2. The van der Waals surface area contributed by atoms with Crippen molar-refractivity contribution in [2.24, 2.45) is 0 Å². The first-order valence-corrected chi connectivity index (χ1v) is 9.41. The molecule has 0 aliphatic carbocycles. The summed E-state index contributed by atoms with van der Waals surface area (Å²) in [4.78, 5) is 0.258. The molecule has 1 aliphatic rings. The van der Waals surface area contributed by atoms with Crippen LogP contribution in [0.15, 0.2) is 53.4 Å². The van der Waals surface area contributed by atoms with Gasteiger partial charge in [0.05, 0.1) is 17.6 Å². The molecular formula is C18H20FNO3S. The highest BCUT2D eigenvalue weighted by Crippen LogP contribution is 2.28. The maximum Gasteiger partial charge on any atom is 0.243 e. The van der Waals surface area contributed by atoms with Gasteiger partial charge in [-0.3, -0.25) is 0 Å². The highest BCUT2D eigenvalue weighted by molar-refractivity contribution is 7.89. The Balaban J connectivity index is 1.84. The first-order valence-electron chi connectivity index (χ1n) is 7.97. The van der Waals surface area contributed by atoms with E-state index in [1.165, 1.54) is 10.4 Å². The molecule has 0 aromatic heterocycles. The molecule has 0 radical (unpaired) electrons. The van der Waals surface area contributed by atoms with Crippen LogP contribution in [0.4, 0.5) is 4.39 Å². The van der Waals surface area contributed by atoms with Gasteiger partial charge in [0.25, 0.3) is 0 Å². The second kappa shape index (κ2) is 7.01. The minimum atomic E-state index is -3.61. The number of hydrogen-bond donors (Lipinski definition) is 0. The first-order chi connectivity index (χ1) is 11.5. The van der Waals surface area contributed by atoms with Crippen molar-refractivity contribution in [1.29, 1.82) is 0 Å². The van der Waals surface area contributed by atoms with Crippen molar-refractivity contribution < 1.29 is 17.5 Å². The molecular weight excluding hydrogens is 329 g/mol. The Hall–Kier alpha value is -1.76. The lowest BCUT2D eigenvalue weighted by Gasteiger charge is -2.32. The van der Waals surface area contributed by atoms with E-state index in [9.17, 15) is 12.8 Å². The summed E-state index contributed by atoms with van der Waals surface area (Å²) in [6.45, 7) is 2.64. The fourth-order valence-electron chi connectivity index (χ4n) is 2.81. The number of nitrogens with zero attached hydrogens (tertiary/aromatic N) is 1. The van der Waals surface area contributed by atoms with Crippen LogP contribution in [-0.4, -0.2) is 32.4 Å². The summed E-state index contributed by atoms with van der Waals surface area (Å²) >= 11 is 0. The third-order valence-electron chi connectivity index (χ3n) is 4.25. The molecule has 3 rings (SSSR count). The summed E-state index contributed by atoms with van der Waals surface area (Å²) in [5.74, 6) is -0.381. The molecule has 24 heavy (non-hydrogen) atoms. The highest BCUT2D eigenvalue weighted by Gasteiger charge is 2.32. The summed E-state index contributed by atoms with van der Waals surface area (Å²) < 4.78 is 46.6. The van der Waals surface area contributed by atoms with Crippen LogP contribution < -0.4 is 0 Å². The van der Waals surface area contributed by atoms with E-state index in [2.05, 4.69) is 0 Å². The summed E-state index contributed by atoms with van der Waals surface area (Å²) in [5, 5.41) is 0. The van der Waals surface area contributed by atoms with Gasteiger partial charge in [-0.2, -0.15) is 4.31 Å². The zero-order valence-electron chi connectivity index (χ0n) is 13.5. The molecule has 1 heterocycles. The number of hydrogen-bond acceptors (Lipinski definition) is 3. The third-order valence-corrected chi connectivity index (χ3v) is 6.13. The molecule has 1 fully saturated rings. The molecule has 1 unspecified atom stereocenters. The summed E-state index contributed by atoms with van der Waals surface area (Å²) in [6.07, 6.45) is 0.261. The number of benzene rings is 2. The number of rotatable bonds is 4. The number of aryl methyl sites for hydroxylation is 1. The van der Waals surface area contributed by atoms with Gasteiger partial charge < -0.3 is 4.74 Å². The third kappa shape index (κ3) is 3.36. The minimum Gasteiger partial charge on any atom is -0.371 e. The van der Waals surface area contributed by atoms with Crippen LogP contribution in [0.25, 0.3) is 0 Å². The number of sulfonamides is 1. The molecule has 2 aromatic carbocycles. The van der Waals surface area contributed by atoms with E-state index in [0.717, 1.165) is 12.0 Å². The highest BCUT2D eigenvalue weighted by atomic mass is 32.2. The van der Waals surface area contributed by atoms with Crippen LogP contribution in [0, 0.1) is 5.82 Å². The number of morpholine rings is 1. The zero-order valence-corrected chi connectivity index (χ0v) is 14.3. The molecule has 0 saturated carbocycles. The van der Waals surface area contributed by atoms with Gasteiger partial charge in [0.15, 0.2) is 0 Å². The Kier molecular flexibility index (Phi) is 4.99. The Labute approximate surface area is 141 Å². The van der Waals surface area contributed by atoms with E-state index in [1.807, 2.05) is 19.1 Å². The number of halogens is 1. The number of ether oxygens (including phenoxy) is 1. The molecule has 0 spiro atoms. The fourth-order valence-corrected chi connectivity index (χ4v) is 4.24. The smallest absolute Gasteiger partial charge is 0.243 e. The average molecular weight is 349 g/mol. The van der Waals surface area contributed by atoms with Gasteiger partial charge in [0, 0.05) is 18.7 Å². The van der Waals surface area contributed by atoms with Crippen molar-refractivity contribution in [2.45, 2.75) is 24.3 Å². The predicted molar refractivity (Wildman–Crippen MR) is 89.7 cm³/mol. The van der Waals surface area contributed by atoms with Gasteiger partial charge >= 0.3 is 0 Å². The van der Waals surface area contributed by atoms with E-state index in [4.69, 9.17) is 4.74 Å². The second-order valence-corrected chi connectivity index (χ2v) is 7.68. The van der Waals surface area contributed by atoms with Gasteiger partial charge in [-0.1, -0.05) is 37.3 Å². The average Bonchev–Trinajstić information content (AvgIpc) is 2.62. The molecule has 4 nitrogen and oxygen atoms in total. The minimum absolute atomic E-state index is 0.110. The van der Waals surface area contributed by atoms with Gasteiger partial charge in [-0.15, -0.1) is 0 Å². The van der Waals surface area contributed by atoms with Crippen LogP contribution in [0.3, 0.4) is 0 Å². The first kappa shape index (κ1) is 17.1. The second-order valence-electron chi connectivity index (χ2n) is 5.74. The maximum absolute atomic E-state index is 14.0. The Morgan fingerprint density at radius 1 is 1.17 bits per heavy atom. The van der Waals surface area contributed by atoms with E-state index < -0.39 is 16.1 Å². The lowest BCUT2D eigenvalue weighted by atomic mass is 10.1. The fraction of sp³-hybridized carbons (Fsp3) is 0.333. The van der Waals surface area contributed by atoms with Gasteiger partial charge in [-0.25, -0.2) is 12.8 Å². The summed E-state index contributed by atoms with van der Waals surface area (Å²) in [6, 6.07) is 13.2. The van der Waals surface area contributed by atoms with Crippen molar-refractivity contribution in [1.82, 2.24) is 4.31 Å². The topological polar surface area (TPSA) is 46.6 Å². The molecule has 1 atom stereocenters. The molecule has 0 bridgehead atoms. The SMILES string of the molecule is CCc1ccc(S(=O)(=O)N2CCOC(c3ccccc3F)C2)cc1. The molecule has 1 aliphatic heterocycles. The van der Waals surface area contributed by atoms with Crippen LogP contribution in [0.2, 0.25) is 0 Å². The Morgan fingerprint density at radius 3 is 2.54 bits per heavy atom. The molecule has 128 valence electrons.